The number of fused-ring (bicyclic) bond motifs is 4. The van der Waals surface area contributed by atoms with Gasteiger partial charge in [0.25, 0.3) is 0 Å². The Morgan fingerprint density at radius 2 is 1.86 bits per heavy atom. The van der Waals surface area contributed by atoms with E-state index in [1.807, 2.05) is 13.0 Å². The SMILES string of the molecule is CCN(C)C1(C)CN(c2nc3c(F)c(-c4c(C)c(F)cc5[nH]ncc45)c(C)cc3c3c2nnn3C)C1. The van der Waals surface area contributed by atoms with E-state index in [1.165, 1.54) is 6.07 Å². The van der Waals surface area contributed by atoms with Gasteiger partial charge in [0.2, 0.25) is 0 Å². The molecule has 5 aromatic rings. The highest BCUT2D eigenvalue weighted by Gasteiger charge is 2.43. The topological polar surface area (TPSA) is 78.8 Å². The van der Waals surface area contributed by atoms with E-state index < -0.39 is 11.6 Å². The lowest BCUT2D eigenvalue weighted by Crippen LogP contribution is -2.68. The van der Waals surface area contributed by atoms with Crippen molar-refractivity contribution in [2.75, 3.05) is 31.6 Å². The summed E-state index contributed by atoms with van der Waals surface area (Å²) < 4.78 is 33.0. The fraction of sp³-hybridized carbons (Fsp3) is 0.385. The molecule has 4 heterocycles. The summed E-state index contributed by atoms with van der Waals surface area (Å²) in [7, 11) is 3.91. The number of hydrogen-bond donors (Lipinski definition) is 1. The summed E-state index contributed by atoms with van der Waals surface area (Å²) in [5.41, 5.74) is 3.99. The van der Waals surface area contributed by atoms with Crippen LogP contribution in [-0.4, -0.2) is 67.3 Å². The number of hydrogen-bond acceptors (Lipinski definition) is 6. The van der Waals surface area contributed by atoms with Gasteiger partial charge in [-0.3, -0.25) is 10.00 Å². The lowest BCUT2D eigenvalue weighted by molar-refractivity contribution is 0.109. The molecule has 1 N–H and O–H groups in total. The molecular weight excluding hydrogens is 462 g/mol. The normalized spacial score (nSPS) is 15.5. The Labute approximate surface area is 206 Å². The molecule has 186 valence electrons. The van der Waals surface area contributed by atoms with Gasteiger partial charge < -0.3 is 4.90 Å². The third-order valence-corrected chi connectivity index (χ3v) is 7.90. The number of nitrogens with one attached hydrogen (secondary N) is 1. The highest BCUT2D eigenvalue weighted by Crippen LogP contribution is 2.42. The number of aromatic nitrogens is 6. The Bertz CT molecular complexity index is 1680. The van der Waals surface area contributed by atoms with Gasteiger partial charge in [0, 0.05) is 42.0 Å². The molecule has 6 rings (SSSR count). The smallest absolute Gasteiger partial charge is 0.159 e. The minimum absolute atomic E-state index is 0.00245. The number of likely N-dealkylation sites (N-methyl/N-ethyl adjacent to an activating group) is 1. The van der Waals surface area contributed by atoms with Crippen molar-refractivity contribution in [2.24, 2.45) is 7.05 Å². The molecule has 1 aliphatic heterocycles. The quantitative estimate of drug-likeness (QED) is 0.400. The Balaban J connectivity index is 1.62. The largest absolute Gasteiger partial charge is 0.351 e. The highest BCUT2D eigenvalue weighted by atomic mass is 19.1. The summed E-state index contributed by atoms with van der Waals surface area (Å²) >= 11 is 0. The number of halogens is 2. The molecule has 0 amide bonds. The summed E-state index contributed by atoms with van der Waals surface area (Å²) in [5, 5.41) is 16.8. The summed E-state index contributed by atoms with van der Waals surface area (Å²) in [6, 6.07) is 3.29. The first-order valence-electron chi connectivity index (χ1n) is 12.1. The third kappa shape index (κ3) is 3.00. The van der Waals surface area contributed by atoms with E-state index in [4.69, 9.17) is 4.98 Å². The zero-order valence-corrected chi connectivity index (χ0v) is 21.2. The van der Waals surface area contributed by atoms with E-state index in [2.05, 4.69) is 51.2 Å². The second-order valence-corrected chi connectivity index (χ2v) is 10.2. The second-order valence-electron chi connectivity index (χ2n) is 10.2. The monoisotopic (exact) mass is 490 g/mol. The van der Waals surface area contributed by atoms with Gasteiger partial charge in [0.15, 0.2) is 17.2 Å². The van der Waals surface area contributed by atoms with Crippen LogP contribution in [0.5, 0.6) is 0 Å². The van der Waals surface area contributed by atoms with Gasteiger partial charge in [-0.2, -0.15) is 5.10 Å². The van der Waals surface area contributed by atoms with Crippen molar-refractivity contribution >= 4 is 38.7 Å². The number of nitrogens with zero attached hydrogens (tertiary/aromatic N) is 7. The molecule has 0 saturated carbocycles. The van der Waals surface area contributed by atoms with Gasteiger partial charge in [-0.15, -0.1) is 5.10 Å². The van der Waals surface area contributed by atoms with Crippen LogP contribution in [0, 0.1) is 25.5 Å². The molecule has 1 aliphatic rings. The molecule has 8 nitrogen and oxygen atoms in total. The first-order valence-corrected chi connectivity index (χ1v) is 12.1. The lowest BCUT2D eigenvalue weighted by Gasteiger charge is -2.53. The Hall–Kier alpha value is -3.66. The van der Waals surface area contributed by atoms with Crippen molar-refractivity contribution in [3.8, 4) is 11.1 Å². The van der Waals surface area contributed by atoms with E-state index in [0.717, 1.165) is 25.2 Å². The molecule has 2 aromatic carbocycles. The predicted octanol–water partition coefficient (Wildman–Crippen LogP) is 4.49. The van der Waals surface area contributed by atoms with Gasteiger partial charge >= 0.3 is 0 Å². The number of benzene rings is 2. The predicted molar refractivity (Wildman–Crippen MR) is 137 cm³/mol. The van der Waals surface area contributed by atoms with Crippen molar-refractivity contribution in [1.29, 1.82) is 0 Å². The van der Waals surface area contributed by atoms with E-state index in [9.17, 15) is 4.39 Å². The van der Waals surface area contributed by atoms with Gasteiger partial charge in [0.1, 0.15) is 16.9 Å². The number of pyridine rings is 1. The van der Waals surface area contributed by atoms with Crippen LogP contribution in [0.25, 0.3) is 44.0 Å². The van der Waals surface area contributed by atoms with E-state index in [-0.39, 0.29) is 11.1 Å². The number of anilines is 1. The zero-order valence-electron chi connectivity index (χ0n) is 21.2. The number of aromatic amines is 1. The molecule has 10 heteroatoms. The van der Waals surface area contributed by atoms with Crippen LogP contribution in [0.3, 0.4) is 0 Å². The van der Waals surface area contributed by atoms with Crippen LogP contribution in [0.15, 0.2) is 18.3 Å². The third-order valence-electron chi connectivity index (χ3n) is 7.90. The number of rotatable bonds is 4. The summed E-state index contributed by atoms with van der Waals surface area (Å²) in [6.45, 7) is 10.3. The zero-order chi connectivity index (χ0) is 25.5. The summed E-state index contributed by atoms with van der Waals surface area (Å²) in [6.07, 6.45) is 1.61. The maximum Gasteiger partial charge on any atom is 0.159 e. The van der Waals surface area contributed by atoms with E-state index >= 15 is 4.39 Å². The molecule has 36 heavy (non-hydrogen) atoms. The van der Waals surface area contributed by atoms with Gasteiger partial charge in [-0.05, 0) is 57.6 Å². The summed E-state index contributed by atoms with van der Waals surface area (Å²) in [4.78, 5) is 9.27. The van der Waals surface area contributed by atoms with Crippen LogP contribution in [-0.2, 0) is 7.05 Å². The summed E-state index contributed by atoms with van der Waals surface area (Å²) in [5.74, 6) is -0.286. The second kappa shape index (κ2) is 7.67. The maximum atomic E-state index is 16.5. The fourth-order valence-corrected chi connectivity index (χ4v) is 5.59. The molecule has 0 atom stereocenters. The Morgan fingerprint density at radius 3 is 2.58 bits per heavy atom. The average Bonchev–Trinajstić information content (AvgIpc) is 3.45. The lowest BCUT2D eigenvalue weighted by atomic mass is 9.89. The Kier molecular flexibility index (Phi) is 4.85. The van der Waals surface area contributed by atoms with Crippen LogP contribution in [0.2, 0.25) is 0 Å². The average molecular weight is 491 g/mol. The van der Waals surface area contributed by atoms with Crippen molar-refractivity contribution in [2.45, 2.75) is 33.2 Å². The molecule has 0 bridgehead atoms. The van der Waals surface area contributed by atoms with Gasteiger partial charge in [-0.1, -0.05) is 12.1 Å². The van der Waals surface area contributed by atoms with Gasteiger partial charge in [0.05, 0.1) is 17.3 Å². The first kappa shape index (κ1) is 22.8. The minimum Gasteiger partial charge on any atom is -0.351 e. The number of H-pyrrole nitrogens is 1. The van der Waals surface area contributed by atoms with Gasteiger partial charge in [-0.25, -0.2) is 18.4 Å². The van der Waals surface area contributed by atoms with Crippen molar-refractivity contribution in [3.63, 3.8) is 0 Å². The first-order chi connectivity index (χ1) is 17.1. The molecule has 0 spiro atoms. The van der Waals surface area contributed by atoms with Crippen LogP contribution in [0.4, 0.5) is 14.6 Å². The molecule has 0 aliphatic carbocycles. The van der Waals surface area contributed by atoms with Crippen molar-refractivity contribution in [3.05, 3.63) is 41.1 Å². The molecule has 3 aromatic heterocycles. The molecule has 1 fully saturated rings. The van der Waals surface area contributed by atoms with E-state index in [0.29, 0.717) is 49.9 Å². The maximum absolute atomic E-state index is 16.5. The molecular formula is C26H28F2N8. The Morgan fingerprint density at radius 1 is 1.11 bits per heavy atom. The van der Waals surface area contributed by atoms with Crippen LogP contribution < -0.4 is 4.90 Å². The molecule has 0 radical (unpaired) electrons. The van der Waals surface area contributed by atoms with E-state index in [1.54, 1.807) is 24.9 Å². The highest BCUT2D eigenvalue weighted by molar-refractivity contribution is 6.09. The van der Waals surface area contributed by atoms with Crippen molar-refractivity contribution < 1.29 is 8.78 Å². The standard InChI is InChI=1S/C26H28F2N8/c1-7-34(5)26(4)11-36(12-26)25-23-24(35(6)33-32-23)15-8-13(2)19(21(28)22(15)30-25)20-14(3)17(27)9-18-16(20)10-29-31-18/h8-10H,7,11-12H2,1-6H3,(H,29,31). The minimum atomic E-state index is -0.487. The van der Waals surface area contributed by atoms with Crippen molar-refractivity contribution in [1.82, 2.24) is 35.1 Å². The molecule has 1 saturated heterocycles. The number of aryl methyl sites for hydroxylation is 2. The fourth-order valence-electron chi connectivity index (χ4n) is 5.59. The van der Waals surface area contributed by atoms with Crippen LogP contribution in [0.1, 0.15) is 25.0 Å². The molecule has 0 unspecified atom stereocenters. The van der Waals surface area contributed by atoms with Crippen LogP contribution >= 0.6 is 0 Å².